The molecule has 146 valence electrons. The van der Waals surface area contributed by atoms with E-state index in [4.69, 9.17) is 14.2 Å². The van der Waals surface area contributed by atoms with Crippen molar-refractivity contribution in [1.29, 1.82) is 0 Å². The van der Waals surface area contributed by atoms with Crippen molar-refractivity contribution in [2.45, 2.75) is 31.7 Å². The highest BCUT2D eigenvalue weighted by molar-refractivity contribution is 7.89. The van der Waals surface area contributed by atoms with Gasteiger partial charge in [-0.2, -0.15) is 0 Å². The van der Waals surface area contributed by atoms with E-state index in [1.807, 2.05) is 39.0 Å². The molecule has 0 spiro atoms. The highest BCUT2D eigenvalue weighted by atomic mass is 32.2. The van der Waals surface area contributed by atoms with Gasteiger partial charge in [-0.25, -0.2) is 13.1 Å². The van der Waals surface area contributed by atoms with Crippen LogP contribution in [-0.4, -0.2) is 28.2 Å². The van der Waals surface area contributed by atoms with Gasteiger partial charge in [-0.05, 0) is 54.8 Å². The van der Waals surface area contributed by atoms with Crippen LogP contribution >= 0.6 is 0 Å². The zero-order valence-corrected chi connectivity index (χ0v) is 16.6. The fraction of sp³-hybridized carbons (Fsp3) is 0.400. The van der Waals surface area contributed by atoms with Crippen LogP contribution in [-0.2, 0) is 10.0 Å². The third-order valence-electron chi connectivity index (χ3n) is 4.32. The van der Waals surface area contributed by atoms with Gasteiger partial charge in [0.05, 0.1) is 11.5 Å². The molecule has 0 saturated heterocycles. The molecule has 2 aromatic rings. The number of hydrogen-bond acceptors (Lipinski definition) is 5. The molecule has 0 radical (unpaired) electrons. The lowest BCUT2D eigenvalue weighted by Crippen LogP contribution is -2.32. The van der Waals surface area contributed by atoms with Crippen LogP contribution in [0, 0.1) is 5.92 Å². The van der Waals surface area contributed by atoms with Crippen LogP contribution in [0.4, 0.5) is 0 Å². The molecule has 0 aliphatic carbocycles. The highest BCUT2D eigenvalue weighted by Gasteiger charge is 2.25. The van der Waals surface area contributed by atoms with Gasteiger partial charge in [-0.3, -0.25) is 0 Å². The Balaban J connectivity index is 1.85. The van der Waals surface area contributed by atoms with E-state index in [0.717, 1.165) is 5.56 Å². The fourth-order valence-electron chi connectivity index (χ4n) is 2.96. The molecule has 27 heavy (non-hydrogen) atoms. The Hall–Kier alpha value is -2.25. The minimum atomic E-state index is -3.68. The Morgan fingerprint density at radius 2 is 1.70 bits per heavy atom. The standard InChI is InChI=1S/C20H25NO5S/c1-4-24-16-6-8-17(9-7-16)27(22,23)21-20(14(2)3)15-5-10-18-19(13-15)26-12-11-25-18/h5-10,13-14,20-21H,4,11-12H2,1-3H3/t20-/m0/s1. The number of ether oxygens (including phenoxy) is 3. The van der Waals surface area contributed by atoms with E-state index in [1.54, 1.807) is 24.3 Å². The number of hydrogen-bond donors (Lipinski definition) is 1. The summed E-state index contributed by atoms with van der Waals surface area (Å²) in [7, 11) is -3.68. The molecule has 1 aliphatic heterocycles. The molecule has 0 aromatic heterocycles. The molecule has 1 atom stereocenters. The number of nitrogens with one attached hydrogen (secondary N) is 1. The summed E-state index contributed by atoms with van der Waals surface area (Å²) < 4.78 is 45.1. The monoisotopic (exact) mass is 391 g/mol. The second kappa shape index (κ2) is 8.19. The molecule has 6 nitrogen and oxygen atoms in total. The van der Waals surface area contributed by atoms with Crippen LogP contribution in [0.3, 0.4) is 0 Å². The van der Waals surface area contributed by atoms with E-state index in [1.165, 1.54) is 0 Å². The van der Waals surface area contributed by atoms with Crippen molar-refractivity contribution in [1.82, 2.24) is 4.72 Å². The van der Waals surface area contributed by atoms with E-state index in [2.05, 4.69) is 4.72 Å². The molecule has 1 heterocycles. The summed E-state index contributed by atoms with van der Waals surface area (Å²) in [4.78, 5) is 0.203. The minimum Gasteiger partial charge on any atom is -0.494 e. The van der Waals surface area contributed by atoms with Gasteiger partial charge < -0.3 is 14.2 Å². The Morgan fingerprint density at radius 1 is 1.04 bits per heavy atom. The lowest BCUT2D eigenvalue weighted by Gasteiger charge is -2.25. The molecule has 1 N–H and O–H groups in total. The number of sulfonamides is 1. The first-order valence-electron chi connectivity index (χ1n) is 9.05. The topological polar surface area (TPSA) is 73.9 Å². The minimum absolute atomic E-state index is 0.0463. The van der Waals surface area contributed by atoms with Gasteiger partial charge in [0.15, 0.2) is 11.5 Å². The van der Waals surface area contributed by atoms with Crippen molar-refractivity contribution in [3.8, 4) is 17.2 Å². The summed E-state index contributed by atoms with van der Waals surface area (Å²) in [5.74, 6) is 2.01. The van der Waals surface area contributed by atoms with Crippen molar-refractivity contribution in [2.75, 3.05) is 19.8 Å². The van der Waals surface area contributed by atoms with E-state index >= 15 is 0 Å². The van der Waals surface area contributed by atoms with Crippen LogP contribution in [0.2, 0.25) is 0 Å². The summed E-state index contributed by atoms with van der Waals surface area (Å²) in [5, 5.41) is 0. The van der Waals surface area contributed by atoms with Crippen molar-refractivity contribution in [2.24, 2.45) is 5.92 Å². The summed E-state index contributed by atoms with van der Waals surface area (Å²) >= 11 is 0. The predicted octanol–water partition coefficient (Wildman–Crippen LogP) is 3.53. The van der Waals surface area contributed by atoms with Gasteiger partial charge in [0.1, 0.15) is 19.0 Å². The average molecular weight is 391 g/mol. The Morgan fingerprint density at radius 3 is 2.33 bits per heavy atom. The quantitative estimate of drug-likeness (QED) is 0.782. The van der Waals surface area contributed by atoms with Gasteiger partial charge in [0.25, 0.3) is 0 Å². The molecule has 1 aliphatic rings. The largest absolute Gasteiger partial charge is 0.494 e. The molecule has 0 unspecified atom stereocenters. The zero-order chi connectivity index (χ0) is 19.4. The van der Waals surface area contributed by atoms with E-state index in [0.29, 0.717) is 37.1 Å². The van der Waals surface area contributed by atoms with Crippen LogP contribution in [0.1, 0.15) is 32.4 Å². The third kappa shape index (κ3) is 4.54. The SMILES string of the molecule is CCOc1ccc(S(=O)(=O)N[C@H](c2ccc3c(c2)OCCO3)C(C)C)cc1. The average Bonchev–Trinajstić information content (AvgIpc) is 2.66. The maximum Gasteiger partial charge on any atom is 0.241 e. The molecule has 0 saturated carbocycles. The maximum absolute atomic E-state index is 12.9. The first kappa shape index (κ1) is 19.5. The van der Waals surface area contributed by atoms with Crippen LogP contribution < -0.4 is 18.9 Å². The van der Waals surface area contributed by atoms with Gasteiger partial charge in [0, 0.05) is 6.04 Å². The van der Waals surface area contributed by atoms with Gasteiger partial charge in [0.2, 0.25) is 10.0 Å². The smallest absolute Gasteiger partial charge is 0.241 e. The molecular weight excluding hydrogens is 366 g/mol. The number of rotatable bonds is 7. The predicted molar refractivity (Wildman–Crippen MR) is 103 cm³/mol. The lowest BCUT2D eigenvalue weighted by molar-refractivity contribution is 0.171. The van der Waals surface area contributed by atoms with E-state index in [-0.39, 0.29) is 10.8 Å². The zero-order valence-electron chi connectivity index (χ0n) is 15.8. The molecule has 7 heteroatoms. The molecule has 0 bridgehead atoms. The Bertz CT molecular complexity index is 878. The normalized spacial score (nSPS) is 14.8. The van der Waals surface area contributed by atoms with Crippen LogP contribution in [0.5, 0.6) is 17.2 Å². The fourth-order valence-corrected chi connectivity index (χ4v) is 4.33. The summed E-state index contributed by atoms with van der Waals surface area (Å²) in [5.41, 5.74) is 0.837. The van der Waals surface area contributed by atoms with Gasteiger partial charge in [-0.15, -0.1) is 0 Å². The maximum atomic E-state index is 12.9. The Kier molecular flexibility index (Phi) is 5.92. The highest BCUT2D eigenvalue weighted by Crippen LogP contribution is 2.35. The van der Waals surface area contributed by atoms with Crippen molar-refractivity contribution >= 4 is 10.0 Å². The third-order valence-corrected chi connectivity index (χ3v) is 5.78. The first-order chi connectivity index (χ1) is 12.9. The second-order valence-electron chi connectivity index (χ2n) is 6.65. The molecule has 2 aromatic carbocycles. The van der Waals surface area contributed by atoms with Crippen molar-refractivity contribution in [3.05, 3.63) is 48.0 Å². The number of benzene rings is 2. The Labute approximate surface area is 160 Å². The summed E-state index contributed by atoms with van der Waals surface area (Å²) in [6, 6.07) is 11.6. The van der Waals surface area contributed by atoms with Crippen molar-refractivity contribution in [3.63, 3.8) is 0 Å². The lowest BCUT2D eigenvalue weighted by atomic mass is 9.97. The summed E-state index contributed by atoms with van der Waals surface area (Å²) in [6.07, 6.45) is 0. The molecule has 0 fully saturated rings. The number of fused-ring (bicyclic) bond motifs is 1. The molecular formula is C20H25NO5S. The van der Waals surface area contributed by atoms with Crippen LogP contribution in [0.15, 0.2) is 47.4 Å². The van der Waals surface area contributed by atoms with Crippen molar-refractivity contribution < 1.29 is 22.6 Å². The molecule has 3 rings (SSSR count). The second-order valence-corrected chi connectivity index (χ2v) is 8.36. The van der Waals surface area contributed by atoms with Crippen LogP contribution in [0.25, 0.3) is 0 Å². The van der Waals surface area contributed by atoms with E-state index in [9.17, 15) is 8.42 Å². The van der Waals surface area contributed by atoms with Gasteiger partial charge in [-0.1, -0.05) is 19.9 Å². The van der Waals surface area contributed by atoms with E-state index < -0.39 is 16.1 Å². The molecule has 0 amide bonds. The summed E-state index contributed by atoms with van der Waals surface area (Å²) in [6.45, 7) is 7.37. The first-order valence-corrected chi connectivity index (χ1v) is 10.5. The van der Waals surface area contributed by atoms with Gasteiger partial charge >= 0.3 is 0 Å².